The first-order chi connectivity index (χ1) is 10.7. The van der Waals surface area contributed by atoms with Crippen molar-refractivity contribution in [3.05, 3.63) is 70.0 Å². The average molecular weight is 297 g/mol. The quantitative estimate of drug-likeness (QED) is 0.637. The maximum absolute atomic E-state index is 10.7. The van der Waals surface area contributed by atoms with Crippen molar-refractivity contribution >= 4 is 5.69 Å². The lowest BCUT2D eigenvalue weighted by atomic mass is 9.96. The van der Waals surface area contributed by atoms with Gasteiger partial charge in [0, 0.05) is 37.1 Å². The summed E-state index contributed by atoms with van der Waals surface area (Å²) in [4.78, 5) is 17.0. The molecule has 5 nitrogen and oxygen atoms in total. The summed E-state index contributed by atoms with van der Waals surface area (Å²) in [5.74, 6) is 0. The van der Waals surface area contributed by atoms with E-state index in [9.17, 15) is 10.1 Å². The summed E-state index contributed by atoms with van der Waals surface area (Å²) >= 11 is 0. The summed E-state index contributed by atoms with van der Waals surface area (Å²) in [7, 11) is 0. The molecule has 5 heteroatoms. The van der Waals surface area contributed by atoms with Gasteiger partial charge in [0.2, 0.25) is 0 Å². The van der Waals surface area contributed by atoms with E-state index in [2.05, 4.69) is 16.0 Å². The third-order valence-corrected chi connectivity index (χ3v) is 4.22. The van der Waals surface area contributed by atoms with Crippen LogP contribution in [0.15, 0.2) is 48.8 Å². The molecule has 1 aromatic heterocycles. The van der Waals surface area contributed by atoms with E-state index < -0.39 is 0 Å². The Balaban J connectivity index is 1.75. The van der Waals surface area contributed by atoms with Gasteiger partial charge in [-0.2, -0.15) is 0 Å². The highest BCUT2D eigenvalue weighted by atomic mass is 16.6. The van der Waals surface area contributed by atoms with Crippen LogP contribution in [0.25, 0.3) is 0 Å². The molecule has 0 aliphatic carbocycles. The van der Waals surface area contributed by atoms with Crippen LogP contribution < -0.4 is 0 Å². The Morgan fingerprint density at radius 3 is 2.73 bits per heavy atom. The van der Waals surface area contributed by atoms with Gasteiger partial charge in [-0.15, -0.1) is 0 Å². The molecule has 2 heterocycles. The zero-order chi connectivity index (χ0) is 15.4. The van der Waals surface area contributed by atoms with Gasteiger partial charge in [-0.1, -0.05) is 24.6 Å². The molecule has 22 heavy (non-hydrogen) atoms. The lowest BCUT2D eigenvalue weighted by Crippen LogP contribution is -2.32. The molecule has 1 aromatic carbocycles. The topological polar surface area (TPSA) is 59.3 Å². The van der Waals surface area contributed by atoms with Crippen LogP contribution in [0.3, 0.4) is 0 Å². The molecule has 0 N–H and O–H groups in total. The van der Waals surface area contributed by atoms with Gasteiger partial charge < -0.3 is 0 Å². The number of likely N-dealkylation sites (tertiary alicyclic amines) is 1. The largest absolute Gasteiger partial charge is 0.292 e. The van der Waals surface area contributed by atoms with Crippen molar-refractivity contribution < 1.29 is 4.92 Å². The second-order valence-electron chi connectivity index (χ2n) is 5.69. The first-order valence-corrected chi connectivity index (χ1v) is 7.61. The van der Waals surface area contributed by atoms with E-state index >= 15 is 0 Å². The van der Waals surface area contributed by atoms with Crippen molar-refractivity contribution in [3.63, 3.8) is 0 Å². The predicted molar refractivity (Wildman–Crippen MR) is 84.3 cm³/mol. The smallest absolute Gasteiger partial charge is 0.269 e. The van der Waals surface area contributed by atoms with Crippen LogP contribution in [0, 0.1) is 10.1 Å². The summed E-state index contributed by atoms with van der Waals surface area (Å²) in [5, 5.41) is 10.7. The summed E-state index contributed by atoms with van der Waals surface area (Å²) in [6, 6.07) is 11.4. The highest BCUT2D eigenvalue weighted by molar-refractivity contribution is 5.33. The Morgan fingerprint density at radius 2 is 2.05 bits per heavy atom. The number of piperidine rings is 1. The molecule has 1 aliphatic heterocycles. The van der Waals surface area contributed by atoms with E-state index in [1.165, 1.54) is 18.4 Å². The molecule has 3 rings (SSSR count). The zero-order valence-corrected chi connectivity index (χ0v) is 12.4. The third kappa shape index (κ3) is 3.31. The first kappa shape index (κ1) is 14.7. The lowest BCUT2D eigenvalue weighted by molar-refractivity contribution is -0.384. The average Bonchev–Trinajstić information content (AvgIpc) is 2.57. The number of non-ortho nitro benzene ring substituents is 1. The second kappa shape index (κ2) is 6.66. The lowest BCUT2D eigenvalue weighted by Gasteiger charge is -2.36. The Morgan fingerprint density at radius 1 is 1.23 bits per heavy atom. The summed E-state index contributed by atoms with van der Waals surface area (Å²) < 4.78 is 0. The number of nitro benzene ring substituents is 1. The minimum Gasteiger partial charge on any atom is -0.292 e. The van der Waals surface area contributed by atoms with Gasteiger partial charge >= 0.3 is 0 Å². The van der Waals surface area contributed by atoms with Crippen LogP contribution >= 0.6 is 0 Å². The molecule has 1 fully saturated rings. The number of aromatic nitrogens is 1. The molecule has 0 radical (unpaired) electrons. The van der Waals surface area contributed by atoms with E-state index in [0.717, 1.165) is 25.1 Å². The van der Waals surface area contributed by atoms with Crippen molar-refractivity contribution in [3.8, 4) is 0 Å². The minimum absolute atomic E-state index is 0.145. The van der Waals surface area contributed by atoms with E-state index in [-0.39, 0.29) is 10.6 Å². The van der Waals surface area contributed by atoms with Crippen LogP contribution in [-0.4, -0.2) is 21.4 Å². The number of hydrogen-bond acceptors (Lipinski definition) is 4. The van der Waals surface area contributed by atoms with Gasteiger partial charge in [0.1, 0.15) is 0 Å². The molecule has 1 aliphatic rings. The SMILES string of the molecule is O=[N+]([O-])c1ccc(CN2CCCCC2c2cccnc2)cc1. The normalized spacial score (nSPS) is 19.0. The van der Waals surface area contributed by atoms with Crippen LogP contribution in [0.1, 0.15) is 36.4 Å². The molecule has 0 amide bonds. The van der Waals surface area contributed by atoms with Gasteiger partial charge in [0.15, 0.2) is 0 Å². The Hall–Kier alpha value is -2.27. The predicted octanol–water partition coefficient (Wildman–Crippen LogP) is 3.72. The van der Waals surface area contributed by atoms with Gasteiger partial charge in [-0.3, -0.25) is 20.0 Å². The fourth-order valence-electron chi connectivity index (χ4n) is 3.09. The van der Waals surface area contributed by atoms with Gasteiger partial charge in [0.05, 0.1) is 4.92 Å². The number of hydrogen-bond donors (Lipinski definition) is 0. The maximum Gasteiger partial charge on any atom is 0.269 e. The van der Waals surface area contributed by atoms with Crippen molar-refractivity contribution in [1.29, 1.82) is 0 Å². The summed E-state index contributed by atoms with van der Waals surface area (Å²) in [6.07, 6.45) is 7.31. The van der Waals surface area contributed by atoms with E-state index in [0.29, 0.717) is 6.04 Å². The van der Waals surface area contributed by atoms with Crippen molar-refractivity contribution in [1.82, 2.24) is 9.88 Å². The number of rotatable bonds is 4. The molecule has 0 saturated carbocycles. The maximum atomic E-state index is 10.7. The molecule has 0 bridgehead atoms. The molecular weight excluding hydrogens is 278 g/mol. The van der Waals surface area contributed by atoms with Crippen molar-refractivity contribution in [2.75, 3.05) is 6.54 Å². The summed E-state index contributed by atoms with van der Waals surface area (Å²) in [6.45, 7) is 1.87. The Bertz CT molecular complexity index is 628. The van der Waals surface area contributed by atoms with Gasteiger partial charge in [0.25, 0.3) is 5.69 Å². The minimum atomic E-state index is -0.358. The zero-order valence-electron chi connectivity index (χ0n) is 12.4. The molecular formula is C17H19N3O2. The number of nitro groups is 1. The summed E-state index contributed by atoms with van der Waals surface area (Å²) in [5.41, 5.74) is 2.51. The molecule has 114 valence electrons. The third-order valence-electron chi connectivity index (χ3n) is 4.22. The highest BCUT2D eigenvalue weighted by Gasteiger charge is 2.24. The number of benzene rings is 1. The van der Waals surface area contributed by atoms with Crippen LogP contribution in [0.2, 0.25) is 0 Å². The van der Waals surface area contributed by atoms with Crippen molar-refractivity contribution in [2.24, 2.45) is 0 Å². The van der Waals surface area contributed by atoms with Crippen molar-refractivity contribution in [2.45, 2.75) is 31.8 Å². The molecule has 2 aromatic rings. The Labute approximate surface area is 129 Å². The molecule has 1 unspecified atom stereocenters. The molecule has 1 saturated heterocycles. The number of pyridine rings is 1. The second-order valence-corrected chi connectivity index (χ2v) is 5.69. The number of nitrogens with zero attached hydrogens (tertiary/aromatic N) is 3. The van der Waals surface area contributed by atoms with E-state index in [4.69, 9.17) is 0 Å². The fourth-order valence-corrected chi connectivity index (χ4v) is 3.09. The Kier molecular flexibility index (Phi) is 4.44. The molecule has 1 atom stereocenters. The first-order valence-electron chi connectivity index (χ1n) is 7.61. The van der Waals surface area contributed by atoms with Crippen LogP contribution in [0.5, 0.6) is 0 Å². The van der Waals surface area contributed by atoms with Crippen LogP contribution in [0.4, 0.5) is 5.69 Å². The van der Waals surface area contributed by atoms with E-state index in [1.807, 2.05) is 24.4 Å². The highest BCUT2D eigenvalue weighted by Crippen LogP contribution is 2.31. The van der Waals surface area contributed by atoms with Gasteiger partial charge in [-0.25, -0.2) is 0 Å². The standard InChI is InChI=1S/C17H19N3O2/c21-20(22)16-8-6-14(7-9-16)13-19-11-2-1-5-17(19)15-4-3-10-18-12-15/h3-4,6-10,12,17H,1-2,5,11,13H2. The fraction of sp³-hybridized carbons (Fsp3) is 0.353. The van der Waals surface area contributed by atoms with E-state index in [1.54, 1.807) is 18.3 Å². The molecule has 0 spiro atoms. The van der Waals surface area contributed by atoms with Gasteiger partial charge in [-0.05, 0) is 36.6 Å². The monoisotopic (exact) mass is 297 g/mol. The van der Waals surface area contributed by atoms with Crippen LogP contribution in [-0.2, 0) is 6.54 Å².